The molecule has 0 fully saturated rings. The first-order valence-corrected chi connectivity index (χ1v) is 7.18. The molecule has 0 saturated heterocycles. The molecule has 0 atom stereocenters. The smallest absolute Gasteiger partial charge is 0.252 e. The molecule has 24 heavy (non-hydrogen) atoms. The third kappa shape index (κ3) is 4.33. The number of hydrogen-bond acceptors (Lipinski definition) is 5. The number of amides is 2. The number of pyridine rings is 2. The van der Waals surface area contributed by atoms with Crippen molar-refractivity contribution in [2.24, 2.45) is 0 Å². The van der Waals surface area contributed by atoms with E-state index in [0.29, 0.717) is 17.7 Å². The fourth-order valence-electron chi connectivity index (χ4n) is 2.04. The van der Waals surface area contributed by atoms with Crippen LogP contribution in [0.1, 0.15) is 5.69 Å². The summed E-state index contributed by atoms with van der Waals surface area (Å²) in [7, 11) is 0. The summed E-state index contributed by atoms with van der Waals surface area (Å²) in [4.78, 5) is 44.3. The number of carbonyl (C=O) groups excluding carboxylic acids is 3. The van der Waals surface area contributed by atoms with Crippen LogP contribution in [0.2, 0.25) is 0 Å². The minimum Gasteiger partial charge on any atom is -0.323 e. The predicted molar refractivity (Wildman–Crippen MR) is 89.4 cm³/mol. The summed E-state index contributed by atoms with van der Waals surface area (Å²) in [5.41, 5.74) is 0.947. The Balaban J connectivity index is 2.21. The Labute approximate surface area is 139 Å². The summed E-state index contributed by atoms with van der Waals surface area (Å²) >= 11 is 0. The van der Waals surface area contributed by atoms with Crippen LogP contribution in [-0.2, 0) is 20.8 Å². The Hall–Kier alpha value is -3.35. The lowest BCUT2D eigenvalue weighted by Crippen LogP contribution is -2.33. The summed E-state index contributed by atoms with van der Waals surface area (Å²) in [5.74, 6) is -0.607. The molecule has 0 unspecified atom stereocenters. The number of nitrogens with one attached hydrogen (secondary N) is 1. The van der Waals surface area contributed by atoms with Crippen LogP contribution in [0.5, 0.6) is 0 Å². The molecule has 0 aliphatic heterocycles. The van der Waals surface area contributed by atoms with Crippen molar-refractivity contribution < 1.29 is 14.4 Å². The molecule has 2 rings (SSSR count). The van der Waals surface area contributed by atoms with Gasteiger partial charge in [0.25, 0.3) is 5.91 Å². The van der Waals surface area contributed by atoms with E-state index in [1.165, 1.54) is 6.20 Å². The maximum Gasteiger partial charge on any atom is 0.252 e. The van der Waals surface area contributed by atoms with Gasteiger partial charge in [-0.1, -0.05) is 12.6 Å². The monoisotopic (exact) mass is 324 g/mol. The second-order valence-electron chi connectivity index (χ2n) is 4.74. The van der Waals surface area contributed by atoms with E-state index in [-0.39, 0.29) is 24.7 Å². The van der Waals surface area contributed by atoms with Gasteiger partial charge >= 0.3 is 0 Å². The Kier molecular flexibility index (Phi) is 5.90. The molecule has 2 heterocycles. The minimum atomic E-state index is -0.485. The third-order valence-electron chi connectivity index (χ3n) is 3.08. The van der Waals surface area contributed by atoms with Crippen molar-refractivity contribution in [3.63, 3.8) is 0 Å². The van der Waals surface area contributed by atoms with Gasteiger partial charge in [-0.3, -0.25) is 19.5 Å². The van der Waals surface area contributed by atoms with Gasteiger partial charge in [0.1, 0.15) is 6.29 Å². The minimum absolute atomic E-state index is 0.0816. The Morgan fingerprint density at radius 3 is 2.62 bits per heavy atom. The Bertz CT molecular complexity index is 747. The number of rotatable bonds is 7. The molecule has 2 amide bonds. The lowest BCUT2D eigenvalue weighted by atomic mass is 10.2. The lowest BCUT2D eigenvalue weighted by Gasteiger charge is -2.20. The summed E-state index contributed by atoms with van der Waals surface area (Å²) in [5, 5.41) is 2.69. The van der Waals surface area contributed by atoms with Gasteiger partial charge < -0.3 is 10.1 Å². The molecule has 122 valence electrons. The molecular weight excluding hydrogens is 308 g/mol. The van der Waals surface area contributed by atoms with Crippen LogP contribution in [0, 0.1) is 0 Å². The van der Waals surface area contributed by atoms with E-state index in [4.69, 9.17) is 0 Å². The van der Waals surface area contributed by atoms with Crippen LogP contribution in [-0.4, -0.2) is 34.6 Å². The topological polar surface area (TPSA) is 92.3 Å². The largest absolute Gasteiger partial charge is 0.323 e. The number of nitrogens with zero attached hydrogens (tertiary/aromatic N) is 3. The molecule has 0 aliphatic carbocycles. The van der Waals surface area contributed by atoms with Crippen molar-refractivity contribution in [1.29, 1.82) is 0 Å². The van der Waals surface area contributed by atoms with Crippen LogP contribution in [0.4, 0.5) is 11.5 Å². The number of hydrogen-bond donors (Lipinski definition) is 1. The quantitative estimate of drug-likeness (QED) is 0.613. The highest BCUT2D eigenvalue weighted by atomic mass is 16.2. The summed E-state index contributed by atoms with van der Waals surface area (Å²) in [6.45, 7) is 3.22. The first-order chi connectivity index (χ1) is 11.7. The fraction of sp³-hybridized carbons (Fsp3) is 0.118. The molecule has 2 aromatic rings. The van der Waals surface area contributed by atoms with Gasteiger partial charge in [0.05, 0.1) is 18.7 Å². The third-order valence-corrected chi connectivity index (χ3v) is 3.08. The van der Waals surface area contributed by atoms with Crippen LogP contribution < -0.4 is 10.2 Å². The van der Waals surface area contributed by atoms with Crippen molar-refractivity contribution in [3.8, 4) is 0 Å². The van der Waals surface area contributed by atoms with Gasteiger partial charge in [-0.25, -0.2) is 4.98 Å². The zero-order chi connectivity index (χ0) is 17.4. The highest BCUT2D eigenvalue weighted by Gasteiger charge is 2.18. The molecule has 0 aromatic carbocycles. The average Bonchev–Trinajstić information content (AvgIpc) is 2.60. The molecule has 2 aromatic heterocycles. The van der Waals surface area contributed by atoms with E-state index in [9.17, 15) is 14.4 Å². The normalized spacial score (nSPS) is 9.83. The van der Waals surface area contributed by atoms with Crippen molar-refractivity contribution in [2.45, 2.75) is 6.42 Å². The molecule has 0 radical (unpaired) electrons. The van der Waals surface area contributed by atoms with E-state index < -0.39 is 5.91 Å². The standard InChI is InChI=1S/C17H16N4O3/c1-2-16(24)21(10-11-22)17-14(7-5-9-19-17)20-15(23)12-13-6-3-4-8-18-13/h2-9,11H,1,10,12H2,(H,20,23). The molecular formula is C17H16N4O3. The van der Waals surface area contributed by atoms with Gasteiger partial charge in [-0.2, -0.15) is 0 Å². The van der Waals surface area contributed by atoms with E-state index in [1.54, 1.807) is 36.5 Å². The van der Waals surface area contributed by atoms with Gasteiger partial charge in [0.15, 0.2) is 5.82 Å². The SMILES string of the molecule is C=CC(=O)N(CC=O)c1ncccc1NC(=O)Cc1ccccn1. The van der Waals surface area contributed by atoms with Crippen LogP contribution in [0.25, 0.3) is 0 Å². The first-order valence-electron chi connectivity index (χ1n) is 7.18. The zero-order valence-electron chi connectivity index (χ0n) is 12.9. The van der Waals surface area contributed by atoms with Crippen LogP contribution in [0.15, 0.2) is 55.4 Å². The van der Waals surface area contributed by atoms with E-state index in [2.05, 4.69) is 21.9 Å². The highest BCUT2D eigenvalue weighted by Crippen LogP contribution is 2.23. The van der Waals surface area contributed by atoms with Gasteiger partial charge in [-0.15, -0.1) is 0 Å². The fourth-order valence-corrected chi connectivity index (χ4v) is 2.04. The predicted octanol–water partition coefficient (Wildman–Crippen LogP) is 1.38. The van der Waals surface area contributed by atoms with E-state index >= 15 is 0 Å². The van der Waals surface area contributed by atoms with Crippen molar-refractivity contribution in [2.75, 3.05) is 16.8 Å². The van der Waals surface area contributed by atoms with Crippen LogP contribution in [0.3, 0.4) is 0 Å². The maximum absolute atomic E-state index is 12.2. The van der Waals surface area contributed by atoms with E-state index in [0.717, 1.165) is 11.0 Å². The Morgan fingerprint density at radius 2 is 1.96 bits per heavy atom. The van der Waals surface area contributed by atoms with Gasteiger partial charge in [0.2, 0.25) is 5.91 Å². The number of aromatic nitrogens is 2. The molecule has 7 heteroatoms. The van der Waals surface area contributed by atoms with Gasteiger partial charge in [-0.05, 0) is 30.3 Å². The summed E-state index contributed by atoms with van der Waals surface area (Å²) in [6, 6.07) is 8.52. The highest BCUT2D eigenvalue weighted by molar-refractivity contribution is 6.05. The molecule has 0 aliphatic rings. The summed E-state index contributed by atoms with van der Waals surface area (Å²) < 4.78 is 0. The van der Waals surface area contributed by atoms with Crippen molar-refractivity contribution in [1.82, 2.24) is 9.97 Å². The summed E-state index contributed by atoms with van der Waals surface area (Å²) in [6.07, 6.45) is 4.82. The molecule has 0 spiro atoms. The van der Waals surface area contributed by atoms with Crippen molar-refractivity contribution in [3.05, 3.63) is 61.1 Å². The zero-order valence-corrected chi connectivity index (χ0v) is 12.9. The van der Waals surface area contributed by atoms with Crippen molar-refractivity contribution >= 4 is 29.6 Å². The first kappa shape index (κ1) is 17.0. The lowest BCUT2D eigenvalue weighted by molar-refractivity contribution is -0.116. The number of anilines is 2. The van der Waals surface area contributed by atoms with E-state index in [1.807, 2.05) is 0 Å². The average molecular weight is 324 g/mol. The molecule has 7 nitrogen and oxygen atoms in total. The van der Waals surface area contributed by atoms with Crippen LogP contribution >= 0.6 is 0 Å². The Morgan fingerprint density at radius 1 is 1.17 bits per heavy atom. The second-order valence-corrected chi connectivity index (χ2v) is 4.74. The second kappa shape index (κ2) is 8.33. The number of carbonyl (C=O) groups is 3. The number of aldehydes is 1. The van der Waals surface area contributed by atoms with Gasteiger partial charge in [0, 0.05) is 18.1 Å². The molecule has 0 saturated carbocycles. The molecule has 1 N–H and O–H groups in total. The molecule has 0 bridgehead atoms. The maximum atomic E-state index is 12.2.